The zero-order valence-electron chi connectivity index (χ0n) is 16.0. The summed E-state index contributed by atoms with van der Waals surface area (Å²) in [6, 6.07) is 12.1. The van der Waals surface area contributed by atoms with Gasteiger partial charge in [-0.15, -0.1) is 0 Å². The Labute approximate surface area is 164 Å². The number of nitrogens with two attached hydrogens (primary N) is 1. The molecule has 0 aliphatic carbocycles. The molecule has 150 valence electrons. The average molecular weight is 387 g/mol. The number of ether oxygens (including phenoxy) is 4. The zero-order valence-corrected chi connectivity index (χ0v) is 16.0. The van der Waals surface area contributed by atoms with Crippen molar-refractivity contribution in [2.24, 2.45) is 10.8 Å². The first-order chi connectivity index (χ1) is 13.6. The van der Waals surface area contributed by atoms with Gasteiger partial charge in [0, 0.05) is 6.42 Å². The smallest absolute Gasteiger partial charge is 0.332 e. The lowest BCUT2D eigenvalue weighted by molar-refractivity contribution is 0.236. The number of hydrogen-bond donors (Lipinski definition) is 2. The van der Waals surface area contributed by atoms with Crippen molar-refractivity contribution in [3.05, 3.63) is 48.0 Å². The van der Waals surface area contributed by atoms with E-state index in [1.165, 1.54) is 6.21 Å². The fraction of sp³-hybridized carbons (Fsp3) is 0.300. The molecule has 2 aromatic carbocycles. The first-order valence-corrected chi connectivity index (χ1v) is 8.87. The van der Waals surface area contributed by atoms with E-state index in [1.807, 2.05) is 31.2 Å². The molecule has 3 N–H and O–H groups in total. The van der Waals surface area contributed by atoms with Gasteiger partial charge in [0.2, 0.25) is 0 Å². The third-order valence-electron chi connectivity index (χ3n) is 3.53. The van der Waals surface area contributed by atoms with Crippen LogP contribution < -0.4 is 30.1 Å². The monoisotopic (exact) mass is 387 g/mol. The van der Waals surface area contributed by atoms with E-state index in [-0.39, 0.29) is 0 Å². The van der Waals surface area contributed by atoms with Crippen LogP contribution in [0.25, 0.3) is 0 Å². The number of methoxy groups -OCH3 is 1. The maximum absolute atomic E-state index is 10.6. The Morgan fingerprint density at radius 1 is 1.04 bits per heavy atom. The summed E-state index contributed by atoms with van der Waals surface area (Å²) in [5, 5.41) is 3.73. The van der Waals surface area contributed by atoms with Gasteiger partial charge in [0.25, 0.3) is 0 Å². The number of amides is 2. The van der Waals surface area contributed by atoms with Crippen molar-refractivity contribution in [2.45, 2.75) is 13.3 Å². The molecule has 0 bridgehead atoms. The van der Waals surface area contributed by atoms with Gasteiger partial charge < -0.3 is 24.7 Å². The molecule has 28 heavy (non-hydrogen) atoms. The van der Waals surface area contributed by atoms with E-state index in [1.54, 1.807) is 25.3 Å². The Bertz CT molecular complexity index is 778. The van der Waals surface area contributed by atoms with Crippen molar-refractivity contribution < 1.29 is 23.7 Å². The van der Waals surface area contributed by atoms with Crippen LogP contribution in [0.4, 0.5) is 4.79 Å². The van der Waals surface area contributed by atoms with Gasteiger partial charge in [-0.3, -0.25) is 0 Å². The van der Waals surface area contributed by atoms with Gasteiger partial charge in [-0.05, 0) is 55.0 Å². The minimum atomic E-state index is -0.724. The van der Waals surface area contributed by atoms with E-state index in [0.717, 1.165) is 17.1 Å². The summed E-state index contributed by atoms with van der Waals surface area (Å²) in [5.74, 6) is 2.80. The number of carbonyl (C=O) groups excluding carboxylic acids is 1. The molecule has 2 rings (SSSR count). The van der Waals surface area contributed by atoms with Crippen molar-refractivity contribution >= 4 is 12.2 Å². The van der Waals surface area contributed by atoms with E-state index in [9.17, 15) is 4.79 Å². The number of nitrogens with one attached hydrogen (secondary N) is 1. The van der Waals surface area contributed by atoms with Crippen molar-refractivity contribution in [3.8, 4) is 23.0 Å². The van der Waals surface area contributed by atoms with Gasteiger partial charge in [-0.1, -0.05) is 0 Å². The lowest BCUT2D eigenvalue weighted by Crippen LogP contribution is -2.24. The second kappa shape index (κ2) is 11.3. The third kappa shape index (κ3) is 7.06. The first-order valence-electron chi connectivity index (χ1n) is 8.87. The molecule has 0 spiro atoms. The van der Waals surface area contributed by atoms with Crippen molar-refractivity contribution in [3.63, 3.8) is 0 Å². The maximum atomic E-state index is 10.6. The maximum Gasteiger partial charge on any atom is 0.332 e. The van der Waals surface area contributed by atoms with Gasteiger partial charge >= 0.3 is 6.03 Å². The molecule has 0 unspecified atom stereocenters. The largest absolute Gasteiger partial charge is 0.497 e. The van der Waals surface area contributed by atoms with Gasteiger partial charge in [-0.2, -0.15) is 5.10 Å². The van der Waals surface area contributed by atoms with Crippen LogP contribution in [0.2, 0.25) is 0 Å². The number of hydrogen-bond acceptors (Lipinski definition) is 6. The van der Waals surface area contributed by atoms with Crippen LogP contribution >= 0.6 is 0 Å². The topological polar surface area (TPSA) is 104 Å². The summed E-state index contributed by atoms with van der Waals surface area (Å²) in [6.07, 6.45) is 2.18. The van der Waals surface area contributed by atoms with Gasteiger partial charge in [-0.25, -0.2) is 10.2 Å². The normalized spacial score (nSPS) is 10.5. The van der Waals surface area contributed by atoms with Crippen LogP contribution in [0, 0.1) is 0 Å². The molecule has 0 heterocycles. The van der Waals surface area contributed by atoms with Crippen LogP contribution in [0.1, 0.15) is 18.9 Å². The summed E-state index contributed by atoms with van der Waals surface area (Å²) in [4.78, 5) is 10.6. The number of rotatable bonds is 11. The Hall–Kier alpha value is -3.42. The summed E-state index contributed by atoms with van der Waals surface area (Å²) in [5.41, 5.74) is 7.85. The Morgan fingerprint density at radius 3 is 2.43 bits per heavy atom. The SMILES string of the molecule is CCOc1cc(/C=N/NC(N)=O)ccc1OCCCOc1ccc(OC)cc1. The molecule has 0 saturated carbocycles. The minimum absolute atomic E-state index is 0.479. The van der Waals surface area contributed by atoms with E-state index in [0.29, 0.717) is 37.7 Å². The number of nitrogens with zero attached hydrogens (tertiary/aromatic N) is 1. The number of primary amides is 1. The first kappa shape index (κ1) is 20.9. The molecule has 0 radical (unpaired) electrons. The summed E-state index contributed by atoms with van der Waals surface area (Å²) in [7, 11) is 1.63. The van der Waals surface area contributed by atoms with Crippen LogP contribution in [0.5, 0.6) is 23.0 Å². The van der Waals surface area contributed by atoms with Crippen LogP contribution in [0.15, 0.2) is 47.6 Å². The van der Waals surface area contributed by atoms with Gasteiger partial charge in [0.05, 0.1) is 33.1 Å². The molecule has 0 aliphatic heterocycles. The molecule has 0 aliphatic rings. The molecule has 0 atom stereocenters. The van der Waals surface area contributed by atoms with E-state index in [2.05, 4.69) is 10.5 Å². The highest BCUT2D eigenvalue weighted by atomic mass is 16.5. The molecule has 2 amide bonds. The lowest BCUT2D eigenvalue weighted by atomic mass is 10.2. The Kier molecular flexibility index (Phi) is 8.45. The zero-order chi connectivity index (χ0) is 20.2. The molecule has 0 saturated heterocycles. The third-order valence-corrected chi connectivity index (χ3v) is 3.53. The Morgan fingerprint density at radius 2 is 1.75 bits per heavy atom. The highest BCUT2D eigenvalue weighted by Gasteiger charge is 2.06. The van der Waals surface area contributed by atoms with E-state index < -0.39 is 6.03 Å². The number of hydrazone groups is 1. The molecule has 8 nitrogen and oxygen atoms in total. The molecule has 0 aromatic heterocycles. The second-order valence-corrected chi connectivity index (χ2v) is 5.60. The fourth-order valence-corrected chi connectivity index (χ4v) is 2.27. The second-order valence-electron chi connectivity index (χ2n) is 5.60. The molecule has 2 aromatic rings. The lowest BCUT2D eigenvalue weighted by Gasteiger charge is -2.13. The highest BCUT2D eigenvalue weighted by molar-refractivity contribution is 5.82. The standard InChI is InChI=1S/C20H25N3O5/c1-3-26-19-13-15(14-22-23-20(21)24)5-10-18(19)28-12-4-11-27-17-8-6-16(25-2)7-9-17/h5-10,13-14H,3-4,11-12H2,1-2H3,(H3,21,23,24)/b22-14+. The van der Waals surface area contributed by atoms with Crippen LogP contribution in [-0.4, -0.2) is 39.2 Å². The van der Waals surface area contributed by atoms with Crippen molar-refractivity contribution in [1.29, 1.82) is 0 Å². The fourth-order valence-electron chi connectivity index (χ4n) is 2.27. The predicted octanol–water partition coefficient (Wildman–Crippen LogP) is 2.94. The van der Waals surface area contributed by atoms with Crippen LogP contribution in [0.3, 0.4) is 0 Å². The van der Waals surface area contributed by atoms with Crippen molar-refractivity contribution in [2.75, 3.05) is 26.9 Å². The minimum Gasteiger partial charge on any atom is -0.497 e. The summed E-state index contributed by atoms with van der Waals surface area (Å²) in [6.45, 7) is 3.39. The summed E-state index contributed by atoms with van der Waals surface area (Å²) >= 11 is 0. The number of urea groups is 1. The van der Waals surface area contributed by atoms with Gasteiger partial charge in [0.1, 0.15) is 11.5 Å². The van der Waals surface area contributed by atoms with Crippen molar-refractivity contribution in [1.82, 2.24) is 5.43 Å². The molecular weight excluding hydrogens is 362 g/mol. The quantitative estimate of drug-likeness (QED) is 0.350. The average Bonchev–Trinajstić information content (AvgIpc) is 2.69. The van der Waals surface area contributed by atoms with E-state index in [4.69, 9.17) is 24.7 Å². The molecular formula is C20H25N3O5. The predicted molar refractivity (Wildman–Crippen MR) is 107 cm³/mol. The highest BCUT2D eigenvalue weighted by Crippen LogP contribution is 2.28. The Balaban J connectivity index is 1.82. The van der Waals surface area contributed by atoms with Gasteiger partial charge in [0.15, 0.2) is 11.5 Å². The molecule has 0 fully saturated rings. The summed E-state index contributed by atoms with van der Waals surface area (Å²) < 4.78 is 22.2. The number of carbonyl (C=O) groups is 1. The van der Waals surface area contributed by atoms with Crippen LogP contribution in [-0.2, 0) is 0 Å². The van der Waals surface area contributed by atoms with E-state index >= 15 is 0 Å². The number of benzene rings is 2. The molecule has 8 heteroatoms.